The summed E-state index contributed by atoms with van der Waals surface area (Å²) in [7, 11) is -3.83. The van der Waals surface area contributed by atoms with Crippen molar-refractivity contribution in [2.45, 2.75) is 37.0 Å². The summed E-state index contributed by atoms with van der Waals surface area (Å²) in [5.41, 5.74) is 0.639. The average molecular weight is 451 g/mol. The van der Waals surface area contributed by atoms with Gasteiger partial charge in [-0.3, -0.25) is 4.79 Å². The van der Waals surface area contributed by atoms with Crippen LogP contribution in [0.4, 0.5) is 4.39 Å². The van der Waals surface area contributed by atoms with Gasteiger partial charge in [0.1, 0.15) is 10.7 Å². The van der Waals surface area contributed by atoms with E-state index in [0.29, 0.717) is 31.4 Å². The zero-order valence-corrected chi connectivity index (χ0v) is 18.2. The number of sulfonamides is 1. The van der Waals surface area contributed by atoms with Crippen LogP contribution >= 0.6 is 11.6 Å². The van der Waals surface area contributed by atoms with Crippen LogP contribution in [-0.4, -0.2) is 37.3 Å². The minimum atomic E-state index is -3.83. The van der Waals surface area contributed by atoms with Gasteiger partial charge in [0.25, 0.3) is 0 Å². The largest absolute Gasteiger partial charge is 0.301 e. The lowest BCUT2D eigenvalue weighted by Crippen LogP contribution is -2.44. The second kappa shape index (κ2) is 9.37. The van der Waals surface area contributed by atoms with Crippen molar-refractivity contribution in [1.29, 1.82) is 5.41 Å². The van der Waals surface area contributed by atoms with Gasteiger partial charge in [-0.15, -0.1) is 0 Å². The third kappa shape index (κ3) is 4.63. The van der Waals surface area contributed by atoms with E-state index in [-0.39, 0.29) is 33.8 Å². The van der Waals surface area contributed by atoms with Gasteiger partial charge in [0.2, 0.25) is 10.0 Å². The number of nitrogens with one attached hydrogen (secondary N) is 1. The van der Waals surface area contributed by atoms with Gasteiger partial charge in [0.15, 0.2) is 5.78 Å². The Morgan fingerprint density at radius 3 is 2.53 bits per heavy atom. The number of ketones is 1. The van der Waals surface area contributed by atoms with Crippen LogP contribution in [0.15, 0.2) is 53.4 Å². The van der Waals surface area contributed by atoms with Crippen LogP contribution < -0.4 is 0 Å². The first-order chi connectivity index (χ1) is 14.3. The second-order valence-corrected chi connectivity index (χ2v) is 9.74. The van der Waals surface area contributed by atoms with E-state index in [2.05, 4.69) is 0 Å². The fourth-order valence-corrected chi connectivity index (χ4v) is 5.88. The Morgan fingerprint density at radius 1 is 1.23 bits per heavy atom. The number of carbonyl (C=O) groups excluding carboxylic acids is 1. The number of halogens is 2. The first-order valence-corrected chi connectivity index (χ1v) is 11.7. The highest BCUT2D eigenvalue weighted by Gasteiger charge is 2.36. The van der Waals surface area contributed by atoms with Crippen LogP contribution in [0, 0.1) is 17.1 Å². The highest BCUT2D eigenvalue weighted by molar-refractivity contribution is 7.89. The molecule has 1 fully saturated rings. The molecule has 2 aromatic carbocycles. The zero-order chi connectivity index (χ0) is 21.9. The van der Waals surface area contributed by atoms with Gasteiger partial charge in [-0.25, -0.2) is 12.8 Å². The smallest absolute Gasteiger partial charge is 0.244 e. The Balaban J connectivity index is 1.79. The summed E-state index contributed by atoms with van der Waals surface area (Å²) >= 11 is 6.08. The first kappa shape index (κ1) is 22.6. The van der Waals surface area contributed by atoms with Crippen LogP contribution in [0.5, 0.6) is 0 Å². The van der Waals surface area contributed by atoms with Crippen molar-refractivity contribution >= 4 is 33.1 Å². The number of rotatable bonds is 7. The summed E-state index contributed by atoms with van der Waals surface area (Å²) in [6.45, 7) is 2.19. The van der Waals surface area contributed by atoms with E-state index < -0.39 is 21.9 Å². The van der Waals surface area contributed by atoms with Crippen molar-refractivity contribution in [2.24, 2.45) is 5.92 Å². The number of benzene rings is 2. The highest BCUT2D eigenvalue weighted by atomic mass is 35.5. The number of hydrogen-bond acceptors (Lipinski definition) is 4. The van der Waals surface area contributed by atoms with Gasteiger partial charge in [-0.05, 0) is 49.1 Å². The molecule has 2 unspecified atom stereocenters. The predicted octanol–water partition coefficient (Wildman–Crippen LogP) is 4.66. The molecule has 0 bridgehead atoms. The van der Waals surface area contributed by atoms with Gasteiger partial charge >= 0.3 is 0 Å². The Hall–Kier alpha value is -2.09. The molecule has 30 heavy (non-hydrogen) atoms. The maximum Gasteiger partial charge on any atom is 0.244 e. The Kier molecular flexibility index (Phi) is 7.06. The predicted molar refractivity (Wildman–Crippen MR) is 115 cm³/mol. The van der Waals surface area contributed by atoms with Gasteiger partial charge in [0.05, 0.1) is 10.7 Å². The zero-order valence-electron chi connectivity index (χ0n) is 16.6. The van der Waals surface area contributed by atoms with E-state index in [0.717, 1.165) is 0 Å². The van der Waals surface area contributed by atoms with Crippen molar-refractivity contribution in [2.75, 3.05) is 13.1 Å². The maximum atomic E-state index is 13.2. The molecule has 1 heterocycles. The topological polar surface area (TPSA) is 78.3 Å². The lowest BCUT2D eigenvalue weighted by atomic mass is 9.83. The number of Topliss-reactive ketones (excluding diaryl/α,β-unsaturated/α-hetero) is 1. The molecule has 0 radical (unpaired) electrons. The van der Waals surface area contributed by atoms with E-state index >= 15 is 0 Å². The summed E-state index contributed by atoms with van der Waals surface area (Å²) in [5, 5.41) is 8.61. The monoisotopic (exact) mass is 450 g/mol. The SMILES string of the molecule is CCC(C(=N)C(=O)C1CCCN(S(=O)(=O)c2ccccc2Cl)C1)c1ccc(F)cc1. The molecular weight excluding hydrogens is 427 g/mol. The molecule has 0 aromatic heterocycles. The molecule has 8 heteroatoms. The van der Waals surface area contributed by atoms with Crippen LogP contribution in [0.25, 0.3) is 0 Å². The lowest BCUT2D eigenvalue weighted by molar-refractivity contribution is -0.117. The van der Waals surface area contributed by atoms with Crippen molar-refractivity contribution in [3.8, 4) is 0 Å². The Morgan fingerprint density at radius 2 is 1.90 bits per heavy atom. The molecule has 1 saturated heterocycles. The molecule has 0 amide bonds. The van der Waals surface area contributed by atoms with Crippen molar-refractivity contribution in [1.82, 2.24) is 4.31 Å². The van der Waals surface area contributed by atoms with Crippen molar-refractivity contribution in [3.63, 3.8) is 0 Å². The fourth-order valence-electron chi connectivity index (χ4n) is 3.86. The van der Waals surface area contributed by atoms with Gasteiger partial charge < -0.3 is 5.41 Å². The lowest BCUT2D eigenvalue weighted by Gasteiger charge is -2.32. The number of carbonyl (C=O) groups is 1. The number of hydrogen-bond donors (Lipinski definition) is 1. The van der Waals surface area contributed by atoms with Crippen molar-refractivity contribution in [3.05, 3.63) is 64.9 Å². The molecule has 3 rings (SSSR count). The van der Waals surface area contributed by atoms with Crippen LogP contribution in [0.2, 0.25) is 5.02 Å². The molecule has 1 aliphatic heterocycles. The summed E-state index contributed by atoms with van der Waals surface area (Å²) < 4.78 is 40.6. The Bertz CT molecular complexity index is 1040. The molecule has 5 nitrogen and oxygen atoms in total. The van der Waals surface area contributed by atoms with E-state index in [9.17, 15) is 17.6 Å². The van der Waals surface area contributed by atoms with E-state index in [4.69, 9.17) is 17.0 Å². The molecule has 1 aliphatic rings. The molecule has 0 spiro atoms. The second-order valence-electron chi connectivity index (χ2n) is 7.42. The maximum absolute atomic E-state index is 13.2. The summed E-state index contributed by atoms with van der Waals surface area (Å²) in [5.74, 6) is -1.77. The molecule has 160 valence electrons. The van der Waals surface area contributed by atoms with E-state index in [1.807, 2.05) is 6.92 Å². The fraction of sp³-hybridized carbons (Fsp3) is 0.364. The normalized spacial score (nSPS) is 18.7. The summed E-state index contributed by atoms with van der Waals surface area (Å²) in [4.78, 5) is 13.1. The number of piperidine rings is 1. The molecule has 0 aliphatic carbocycles. The minimum Gasteiger partial charge on any atom is -0.301 e. The molecule has 2 aromatic rings. The van der Waals surface area contributed by atoms with Crippen LogP contribution in [-0.2, 0) is 14.8 Å². The summed E-state index contributed by atoms with van der Waals surface area (Å²) in [6.07, 6.45) is 1.57. The van der Waals surface area contributed by atoms with Gasteiger partial charge in [-0.2, -0.15) is 4.31 Å². The third-order valence-electron chi connectivity index (χ3n) is 5.50. The molecule has 0 saturated carbocycles. The quantitative estimate of drug-likeness (QED) is 0.623. The molecule has 1 N–H and O–H groups in total. The van der Waals surface area contributed by atoms with E-state index in [1.54, 1.807) is 24.3 Å². The van der Waals surface area contributed by atoms with E-state index in [1.165, 1.54) is 28.6 Å². The summed E-state index contributed by atoms with van der Waals surface area (Å²) in [6, 6.07) is 12.0. The number of nitrogens with zero attached hydrogens (tertiary/aromatic N) is 1. The standard InChI is InChI=1S/C22H24ClFN2O3S/c1-2-18(15-9-11-17(24)12-10-15)21(25)22(27)16-6-5-13-26(14-16)30(28,29)20-8-4-3-7-19(20)23/h3-4,7-12,16,18,25H,2,5-6,13-14H2,1H3. The van der Waals surface area contributed by atoms with Gasteiger partial charge in [0, 0.05) is 24.9 Å². The first-order valence-electron chi connectivity index (χ1n) is 9.88. The molecular formula is C22H24ClFN2O3S. The molecule has 2 atom stereocenters. The van der Waals surface area contributed by atoms with Gasteiger partial charge in [-0.1, -0.05) is 42.8 Å². The third-order valence-corrected chi connectivity index (χ3v) is 7.87. The highest BCUT2D eigenvalue weighted by Crippen LogP contribution is 2.30. The van der Waals surface area contributed by atoms with Crippen LogP contribution in [0.1, 0.15) is 37.7 Å². The van der Waals surface area contributed by atoms with Crippen LogP contribution in [0.3, 0.4) is 0 Å². The van der Waals surface area contributed by atoms with Crippen molar-refractivity contribution < 1.29 is 17.6 Å². The minimum absolute atomic E-state index is 0.0209. The Labute approximate surface area is 181 Å². The average Bonchev–Trinajstić information content (AvgIpc) is 2.75.